The van der Waals surface area contributed by atoms with E-state index in [2.05, 4.69) is 15.6 Å². The van der Waals surface area contributed by atoms with E-state index in [1.165, 1.54) is 6.07 Å². The number of aliphatic imine (C=N–C) groups is 1. The lowest BCUT2D eigenvalue weighted by molar-refractivity contribution is -0.385. The molecule has 6 heteroatoms. The van der Waals surface area contributed by atoms with Crippen molar-refractivity contribution in [3.63, 3.8) is 0 Å². The van der Waals surface area contributed by atoms with E-state index in [0.717, 1.165) is 0 Å². The molecule has 0 saturated heterocycles. The Morgan fingerprint density at radius 2 is 2.00 bits per heavy atom. The summed E-state index contributed by atoms with van der Waals surface area (Å²) in [5, 5.41) is 17.2. The van der Waals surface area contributed by atoms with Crippen LogP contribution in [0.1, 0.15) is 26.3 Å². The summed E-state index contributed by atoms with van der Waals surface area (Å²) in [6, 6.07) is 6.67. The number of nitro groups is 1. The first-order chi connectivity index (χ1) is 8.83. The molecule has 19 heavy (non-hydrogen) atoms. The van der Waals surface area contributed by atoms with Gasteiger partial charge in [0, 0.05) is 30.8 Å². The first kappa shape index (κ1) is 14.9. The molecule has 6 nitrogen and oxygen atoms in total. The van der Waals surface area contributed by atoms with Gasteiger partial charge in [0.25, 0.3) is 5.69 Å². The highest BCUT2D eigenvalue weighted by atomic mass is 16.6. The summed E-state index contributed by atoms with van der Waals surface area (Å²) < 4.78 is 0. The molecule has 104 valence electrons. The van der Waals surface area contributed by atoms with Crippen LogP contribution in [0.25, 0.3) is 0 Å². The summed E-state index contributed by atoms with van der Waals surface area (Å²) >= 11 is 0. The minimum Gasteiger partial charge on any atom is -0.352 e. The number of benzene rings is 1. The van der Waals surface area contributed by atoms with Gasteiger partial charge < -0.3 is 10.6 Å². The molecule has 2 N–H and O–H groups in total. The molecule has 0 unspecified atom stereocenters. The van der Waals surface area contributed by atoms with E-state index in [1.54, 1.807) is 25.2 Å². The third-order valence-electron chi connectivity index (χ3n) is 2.35. The monoisotopic (exact) mass is 264 g/mol. The van der Waals surface area contributed by atoms with Gasteiger partial charge in [-0.2, -0.15) is 0 Å². The van der Waals surface area contributed by atoms with Crippen molar-refractivity contribution >= 4 is 11.6 Å². The van der Waals surface area contributed by atoms with Gasteiger partial charge in [-0.05, 0) is 20.8 Å². The maximum absolute atomic E-state index is 10.9. The number of guanidine groups is 1. The molecule has 1 rings (SSSR count). The molecule has 0 atom stereocenters. The zero-order chi connectivity index (χ0) is 14.5. The Balaban J connectivity index is 2.74. The van der Waals surface area contributed by atoms with Crippen molar-refractivity contribution in [2.75, 3.05) is 7.05 Å². The van der Waals surface area contributed by atoms with Crippen molar-refractivity contribution in [2.24, 2.45) is 4.99 Å². The second kappa shape index (κ2) is 6.17. The van der Waals surface area contributed by atoms with Crippen molar-refractivity contribution in [3.8, 4) is 0 Å². The van der Waals surface area contributed by atoms with Crippen LogP contribution in [0.3, 0.4) is 0 Å². The van der Waals surface area contributed by atoms with Crippen LogP contribution in [0.2, 0.25) is 0 Å². The van der Waals surface area contributed by atoms with Crippen LogP contribution < -0.4 is 10.6 Å². The summed E-state index contributed by atoms with van der Waals surface area (Å²) in [7, 11) is 1.67. The van der Waals surface area contributed by atoms with E-state index in [9.17, 15) is 10.1 Å². The predicted octanol–water partition coefficient (Wildman–Crippen LogP) is 2.06. The summed E-state index contributed by atoms with van der Waals surface area (Å²) in [6.07, 6.45) is 0. The highest BCUT2D eigenvalue weighted by molar-refractivity contribution is 5.80. The minimum atomic E-state index is -0.378. The Bertz CT molecular complexity index is 478. The average Bonchev–Trinajstić information content (AvgIpc) is 2.33. The second-order valence-electron chi connectivity index (χ2n) is 5.19. The van der Waals surface area contributed by atoms with Gasteiger partial charge in [-0.25, -0.2) is 0 Å². The standard InChI is InChI=1S/C13H20N4O2/c1-13(2,3)16-12(14-4)15-9-10-7-5-6-8-11(10)17(18)19/h5-8H,9H2,1-4H3,(H2,14,15,16). The summed E-state index contributed by atoms with van der Waals surface area (Å²) in [6.45, 7) is 6.41. The van der Waals surface area contributed by atoms with Crippen LogP contribution in [0.15, 0.2) is 29.3 Å². The fraction of sp³-hybridized carbons (Fsp3) is 0.462. The molecule has 0 saturated carbocycles. The largest absolute Gasteiger partial charge is 0.352 e. The first-order valence-corrected chi connectivity index (χ1v) is 6.04. The summed E-state index contributed by atoms with van der Waals surface area (Å²) in [4.78, 5) is 14.6. The van der Waals surface area contributed by atoms with Gasteiger partial charge in [-0.1, -0.05) is 18.2 Å². The lowest BCUT2D eigenvalue weighted by atomic mass is 10.1. The number of nitro benzene ring substituents is 1. The quantitative estimate of drug-likeness (QED) is 0.379. The molecule has 0 aromatic heterocycles. The maximum Gasteiger partial charge on any atom is 0.274 e. The third-order valence-corrected chi connectivity index (χ3v) is 2.35. The fourth-order valence-corrected chi connectivity index (χ4v) is 1.55. The minimum absolute atomic E-state index is 0.112. The Kier molecular flexibility index (Phi) is 4.86. The van der Waals surface area contributed by atoms with Gasteiger partial charge in [0.05, 0.1) is 4.92 Å². The van der Waals surface area contributed by atoms with E-state index in [1.807, 2.05) is 20.8 Å². The normalized spacial score (nSPS) is 12.1. The predicted molar refractivity (Wildman–Crippen MR) is 76.2 cm³/mol. The smallest absolute Gasteiger partial charge is 0.274 e. The third kappa shape index (κ3) is 4.95. The number of rotatable bonds is 3. The Morgan fingerprint density at radius 1 is 1.37 bits per heavy atom. The van der Waals surface area contributed by atoms with Gasteiger partial charge in [-0.3, -0.25) is 15.1 Å². The molecule has 0 heterocycles. The van der Waals surface area contributed by atoms with Crippen molar-refractivity contribution in [2.45, 2.75) is 32.9 Å². The average molecular weight is 264 g/mol. The topological polar surface area (TPSA) is 79.6 Å². The Hall–Kier alpha value is -2.11. The van der Waals surface area contributed by atoms with Crippen LogP contribution in [0, 0.1) is 10.1 Å². The van der Waals surface area contributed by atoms with E-state index < -0.39 is 0 Å². The van der Waals surface area contributed by atoms with Crippen LogP contribution in [0.4, 0.5) is 5.69 Å². The van der Waals surface area contributed by atoms with Crippen LogP contribution in [-0.4, -0.2) is 23.5 Å². The van der Waals surface area contributed by atoms with Gasteiger partial charge >= 0.3 is 0 Å². The Labute approximate surface area is 113 Å². The number of hydrogen-bond donors (Lipinski definition) is 2. The molecule has 0 spiro atoms. The lowest BCUT2D eigenvalue weighted by Crippen LogP contribution is -2.47. The molecule has 0 aliphatic carbocycles. The highest BCUT2D eigenvalue weighted by Gasteiger charge is 2.14. The molecular weight excluding hydrogens is 244 g/mol. The number of nitrogens with one attached hydrogen (secondary N) is 2. The van der Waals surface area contributed by atoms with Crippen LogP contribution in [0.5, 0.6) is 0 Å². The molecular formula is C13H20N4O2. The lowest BCUT2D eigenvalue weighted by Gasteiger charge is -2.23. The van der Waals surface area contributed by atoms with Crippen molar-refractivity contribution in [1.82, 2.24) is 10.6 Å². The molecule has 0 bridgehead atoms. The van der Waals surface area contributed by atoms with Gasteiger partial charge in [-0.15, -0.1) is 0 Å². The summed E-state index contributed by atoms with van der Waals surface area (Å²) in [5.74, 6) is 0.616. The fourth-order valence-electron chi connectivity index (χ4n) is 1.55. The van der Waals surface area contributed by atoms with Gasteiger partial charge in [0.15, 0.2) is 5.96 Å². The zero-order valence-corrected chi connectivity index (χ0v) is 11.7. The van der Waals surface area contributed by atoms with E-state index in [0.29, 0.717) is 18.1 Å². The number of para-hydroxylation sites is 1. The number of nitrogens with zero attached hydrogens (tertiary/aromatic N) is 2. The molecule has 0 aliphatic heterocycles. The molecule has 1 aromatic carbocycles. The van der Waals surface area contributed by atoms with E-state index in [4.69, 9.17) is 0 Å². The molecule has 0 fully saturated rings. The van der Waals surface area contributed by atoms with Crippen LogP contribution >= 0.6 is 0 Å². The second-order valence-corrected chi connectivity index (χ2v) is 5.19. The molecule has 0 radical (unpaired) electrons. The zero-order valence-electron chi connectivity index (χ0n) is 11.7. The first-order valence-electron chi connectivity index (χ1n) is 6.04. The number of hydrogen-bond acceptors (Lipinski definition) is 3. The molecule has 0 aliphatic rings. The van der Waals surface area contributed by atoms with Gasteiger partial charge in [0.1, 0.15) is 0 Å². The van der Waals surface area contributed by atoms with Crippen molar-refractivity contribution in [3.05, 3.63) is 39.9 Å². The summed E-state index contributed by atoms with van der Waals surface area (Å²) in [5.41, 5.74) is 0.621. The van der Waals surface area contributed by atoms with E-state index >= 15 is 0 Å². The highest BCUT2D eigenvalue weighted by Crippen LogP contribution is 2.17. The SMILES string of the molecule is CN=C(NCc1ccccc1[N+](=O)[O-])NC(C)(C)C. The molecule has 1 aromatic rings. The van der Waals surface area contributed by atoms with Crippen molar-refractivity contribution in [1.29, 1.82) is 0 Å². The molecule has 0 amide bonds. The maximum atomic E-state index is 10.9. The van der Waals surface area contributed by atoms with E-state index in [-0.39, 0.29) is 16.1 Å². The van der Waals surface area contributed by atoms with Crippen molar-refractivity contribution < 1.29 is 4.92 Å². The van der Waals surface area contributed by atoms with Gasteiger partial charge in [0.2, 0.25) is 0 Å². The Morgan fingerprint density at radius 3 is 2.53 bits per heavy atom. The van der Waals surface area contributed by atoms with Crippen LogP contribution in [-0.2, 0) is 6.54 Å².